The van der Waals surface area contributed by atoms with Gasteiger partial charge in [0.15, 0.2) is 12.2 Å². The van der Waals surface area contributed by atoms with Crippen LogP contribution >= 0.6 is 12.6 Å². The molecule has 0 aromatic rings. The number of carbonyl (C=O) groups excluding carboxylic acids is 4. The predicted octanol–water partition coefficient (Wildman–Crippen LogP) is -0.0432. The highest BCUT2D eigenvalue weighted by atomic mass is 32.1. The van der Waals surface area contributed by atoms with Gasteiger partial charge in [0, 0.05) is 27.7 Å². The predicted molar refractivity (Wildman–Crippen MR) is 76.1 cm³/mol. The summed E-state index contributed by atoms with van der Waals surface area (Å²) in [5.41, 5.74) is -1.07. The zero-order valence-corrected chi connectivity index (χ0v) is 13.9. The van der Waals surface area contributed by atoms with Crippen LogP contribution < -0.4 is 0 Å². The van der Waals surface area contributed by atoms with Crippen molar-refractivity contribution < 1.29 is 42.9 Å². The third-order valence-electron chi connectivity index (χ3n) is 2.66. The molecule has 130 valence electrons. The average molecular weight is 350 g/mol. The van der Waals surface area contributed by atoms with Gasteiger partial charge in [0.2, 0.25) is 12.4 Å². The van der Waals surface area contributed by atoms with Gasteiger partial charge in [0.1, 0.15) is 5.44 Å². The molecule has 0 radical (unpaired) electrons. The van der Waals surface area contributed by atoms with Gasteiger partial charge in [-0.1, -0.05) is 0 Å². The van der Waals surface area contributed by atoms with Gasteiger partial charge in [-0.25, -0.2) is 0 Å². The van der Waals surface area contributed by atoms with Crippen molar-refractivity contribution in [1.82, 2.24) is 0 Å². The van der Waals surface area contributed by atoms with Crippen LogP contribution in [0.25, 0.3) is 0 Å². The van der Waals surface area contributed by atoms with Crippen molar-refractivity contribution in [2.24, 2.45) is 0 Å². The van der Waals surface area contributed by atoms with E-state index >= 15 is 0 Å². The Kier molecular flexibility index (Phi) is 6.82. The van der Waals surface area contributed by atoms with Gasteiger partial charge in [-0.15, -0.1) is 12.6 Å². The Labute approximate surface area is 137 Å². The van der Waals surface area contributed by atoms with Gasteiger partial charge >= 0.3 is 23.9 Å². The van der Waals surface area contributed by atoms with Crippen LogP contribution in [0.1, 0.15) is 27.7 Å². The summed E-state index contributed by atoms with van der Waals surface area (Å²) in [7, 11) is 0. The summed E-state index contributed by atoms with van der Waals surface area (Å²) in [5.74, 6) is -2.83. The number of esters is 4. The van der Waals surface area contributed by atoms with Gasteiger partial charge in [-0.2, -0.15) is 0 Å². The number of ether oxygens (including phenoxy) is 5. The molecule has 1 rings (SSSR count). The molecule has 0 N–H and O–H groups in total. The Morgan fingerprint density at radius 3 is 1.52 bits per heavy atom. The van der Waals surface area contributed by atoms with E-state index in [0.29, 0.717) is 0 Å². The molecule has 0 amide bonds. The molecule has 10 heteroatoms. The van der Waals surface area contributed by atoms with Crippen LogP contribution in [0, 0.1) is 0 Å². The molecule has 0 aromatic heterocycles. The number of rotatable bonds is 4. The summed E-state index contributed by atoms with van der Waals surface area (Å²) in [5, 5.41) is 0. The minimum absolute atomic E-state index is 0.678. The van der Waals surface area contributed by atoms with Crippen molar-refractivity contribution in [3.8, 4) is 0 Å². The Balaban J connectivity index is 3.15. The van der Waals surface area contributed by atoms with E-state index in [1.807, 2.05) is 0 Å². The first-order valence-corrected chi connectivity index (χ1v) is 7.16. The first-order valence-electron chi connectivity index (χ1n) is 6.64. The summed E-state index contributed by atoms with van der Waals surface area (Å²) in [4.78, 5) is 45.0. The molecule has 1 fully saturated rings. The van der Waals surface area contributed by atoms with Crippen molar-refractivity contribution in [3.05, 3.63) is 0 Å². The fraction of sp³-hybridized carbons (Fsp3) is 0.692. The highest BCUT2D eigenvalue weighted by Gasteiger charge is 2.52. The molecule has 0 saturated carbocycles. The van der Waals surface area contributed by atoms with Crippen LogP contribution in [0.4, 0.5) is 0 Å². The first kappa shape index (κ1) is 19.2. The summed E-state index contributed by atoms with van der Waals surface area (Å²) in [6.45, 7) is 4.51. The summed E-state index contributed by atoms with van der Waals surface area (Å²) in [6, 6.07) is 0. The zero-order chi connectivity index (χ0) is 17.7. The Morgan fingerprint density at radius 1 is 0.696 bits per heavy atom. The zero-order valence-electron chi connectivity index (χ0n) is 13.0. The lowest BCUT2D eigenvalue weighted by molar-refractivity contribution is -0.280. The smallest absolute Gasteiger partial charge is 0.305 e. The molecular weight excluding hydrogens is 332 g/mol. The number of hydrogen-bond donors (Lipinski definition) is 1. The van der Waals surface area contributed by atoms with Crippen LogP contribution in [-0.4, -0.2) is 53.9 Å². The highest BCUT2D eigenvalue weighted by Crippen LogP contribution is 2.30. The van der Waals surface area contributed by atoms with Crippen molar-refractivity contribution in [2.45, 2.75) is 57.7 Å². The lowest BCUT2D eigenvalue weighted by Crippen LogP contribution is -2.60. The largest absolute Gasteiger partial charge is 0.455 e. The van der Waals surface area contributed by atoms with Gasteiger partial charge in [-0.3, -0.25) is 19.2 Å². The van der Waals surface area contributed by atoms with Crippen molar-refractivity contribution in [3.63, 3.8) is 0 Å². The quantitative estimate of drug-likeness (QED) is 0.423. The minimum Gasteiger partial charge on any atom is -0.455 e. The molecule has 1 saturated heterocycles. The maximum absolute atomic E-state index is 11.3. The van der Waals surface area contributed by atoms with Crippen LogP contribution in [0.5, 0.6) is 0 Å². The van der Waals surface area contributed by atoms with Crippen LogP contribution in [0.15, 0.2) is 0 Å². The minimum atomic E-state index is -1.37. The van der Waals surface area contributed by atoms with Gasteiger partial charge in [-0.05, 0) is 0 Å². The van der Waals surface area contributed by atoms with Crippen LogP contribution in [0.2, 0.25) is 0 Å². The monoisotopic (exact) mass is 350 g/mol. The van der Waals surface area contributed by atoms with E-state index in [0.717, 1.165) is 27.7 Å². The summed E-state index contributed by atoms with van der Waals surface area (Å²) >= 11 is 4.10. The van der Waals surface area contributed by atoms with E-state index in [1.165, 1.54) is 0 Å². The normalized spacial score (nSPS) is 30.0. The molecule has 1 aliphatic heterocycles. The molecule has 1 aliphatic rings. The molecule has 9 nitrogen and oxygen atoms in total. The molecule has 0 bridgehead atoms. The van der Waals surface area contributed by atoms with Crippen molar-refractivity contribution in [2.75, 3.05) is 0 Å². The molecular formula is C13H18O9S. The average Bonchev–Trinajstić information content (AvgIpc) is 2.36. The second-order valence-corrected chi connectivity index (χ2v) is 5.24. The topological polar surface area (TPSA) is 114 Å². The lowest BCUT2D eigenvalue weighted by Gasteiger charge is -2.42. The van der Waals surface area contributed by atoms with E-state index in [9.17, 15) is 19.2 Å². The molecule has 23 heavy (non-hydrogen) atoms. The Morgan fingerprint density at radius 2 is 1.09 bits per heavy atom. The molecule has 0 aromatic carbocycles. The van der Waals surface area contributed by atoms with E-state index in [1.54, 1.807) is 0 Å². The Bertz CT molecular complexity index is 492. The van der Waals surface area contributed by atoms with Gasteiger partial charge < -0.3 is 23.7 Å². The van der Waals surface area contributed by atoms with Gasteiger partial charge in [0.05, 0.1) is 0 Å². The van der Waals surface area contributed by atoms with Crippen molar-refractivity contribution in [1.29, 1.82) is 0 Å². The fourth-order valence-corrected chi connectivity index (χ4v) is 2.36. The summed E-state index contributed by atoms with van der Waals surface area (Å²) in [6.07, 6.45) is -5.08. The van der Waals surface area contributed by atoms with E-state index in [4.69, 9.17) is 23.7 Å². The lowest BCUT2D eigenvalue weighted by atomic mass is 10.0. The molecule has 0 spiro atoms. The van der Waals surface area contributed by atoms with Crippen molar-refractivity contribution >= 4 is 36.5 Å². The standard InChI is InChI=1S/C13H18O9S/c1-5(14)18-9-10(19-6(2)15)12(21-8(4)17)22-13(23)11(9)20-7(3)16/h9-13,23H,1-4H3. The SMILES string of the molecule is CC(=O)OC1OC(S)C(OC(C)=O)C(OC(C)=O)C1OC(C)=O. The second kappa shape index (κ2) is 8.16. The highest BCUT2D eigenvalue weighted by molar-refractivity contribution is 7.80. The maximum Gasteiger partial charge on any atom is 0.305 e. The number of carbonyl (C=O) groups is 4. The molecule has 5 unspecified atom stereocenters. The third-order valence-corrected chi connectivity index (χ3v) is 3.07. The second-order valence-electron chi connectivity index (χ2n) is 4.73. The van der Waals surface area contributed by atoms with E-state index < -0.39 is 53.9 Å². The van der Waals surface area contributed by atoms with E-state index in [2.05, 4.69) is 12.6 Å². The van der Waals surface area contributed by atoms with E-state index in [-0.39, 0.29) is 0 Å². The van der Waals surface area contributed by atoms with Crippen LogP contribution in [-0.2, 0) is 42.9 Å². The molecule has 5 atom stereocenters. The summed E-state index contributed by atoms with van der Waals surface area (Å²) < 4.78 is 25.4. The third kappa shape index (κ3) is 5.71. The first-order chi connectivity index (χ1) is 10.6. The maximum atomic E-state index is 11.3. The number of thiol groups is 1. The van der Waals surface area contributed by atoms with Gasteiger partial charge in [0.25, 0.3) is 0 Å². The Hall–Kier alpha value is -1.81. The van der Waals surface area contributed by atoms with Crippen LogP contribution in [0.3, 0.4) is 0 Å². The molecule has 1 heterocycles. The number of hydrogen-bond acceptors (Lipinski definition) is 10. The molecule has 0 aliphatic carbocycles. The fourth-order valence-electron chi connectivity index (χ4n) is 2.01.